The molecule has 4 heteroatoms. The second kappa shape index (κ2) is 11.6. The summed E-state index contributed by atoms with van der Waals surface area (Å²) in [5.74, 6) is 1.04. The number of benzene rings is 2. The molecule has 32 heavy (non-hydrogen) atoms. The average molecular weight is 434 g/mol. The van der Waals surface area contributed by atoms with Crippen LogP contribution in [-0.2, 0) is 24.2 Å². The zero-order valence-electron chi connectivity index (χ0n) is 19.7. The van der Waals surface area contributed by atoms with Gasteiger partial charge < -0.3 is 9.80 Å². The van der Waals surface area contributed by atoms with Crippen molar-refractivity contribution in [3.8, 4) is 0 Å². The quantitative estimate of drug-likeness (QED) is 0.623. The van der Waals surface area contributed by atoms with E-state index in [9.17, 15) is 4.79 Å². The molecule has 0 atom stereocenters. The molecule has 2 aliphatic heterocycles. The van der Waals surface area contributed by atoms with Crippen LogP contribution in [0.4, 0.5) is 0 Å². The van der Waals surface area contributed by atoms with Crippen LogP contribution in [0.5, 0.6) is 0 Å². The number of nitrogens with zero attached hydrogens (tertiary/aromatic N) is 3. The van der Waals surface area contributed by atoms with Crippen LogP contribution >= 0.6 is 0 Å². The second-order valence-corrected chi connectivity index (χ2v) is 9.76. The third-order valence-corrected chi connectivity index (χ3v) is 7.22. The van der Waals surface area contributed by atoms with Crippen molar-refractivity contribution in [2.45, 2.75) is 45.1 Å². The Morgan fingerprint density at radius 3 is 2.16 bits per heavy atom. The minimum absolute atomic E-state index is 0.340. The number of rotatable bonds is 8. The smallest absolute Gasteiger partial charge is 0.222 e. The highest BCUT2D eigenvalue weighted by Gasteiger charge is 2.22. The van der Waals surface area contributed by atoms with E-state index in [1.165, 1.54) is 42.9 Å². The van der Waals surface area contributed by atoms with E-state index in [0.717, 1.165) is 51.7 Å². The lowest BCUT2D eigenvalue weighted by molar-refractivity contribution is -0.132. The van der Waals surface area contributed by atoms with Crippen molar-refractivity contribution in [1.82, 2.24) is 14.7 Å². The molecule has 1 amide bonds. The Morgan fingerprint density at radius 2 is 1.47 bits per heavy atom. The first-order valence-corrected chi connectivity index (χ1v) is 12.5. The molecule has 0 spiro atoms. The molecular weight excluding hydrogens is 394 g/mol. The first-order valence-electron chi connectivity index (χ1n) is 12.5. The van der Waals surface area contributed by atoms with Crippen molar-refractivity contribution in [3.05, 3.63) is 71.3 Å². The Morgan fingerprint density at radius 1 is 0.812 bits per heavy atom. The molecule has 2 aliphatic rings. The molecular formula is C28H39N3O. The Hall–Kier alpha value is -2.17. The molecule has 0 saturated carbocycles. The molecule has 2 heterocycles. The maximum absolute atomic E-state index is 12.6. The summed E-state index contributed by atoms with van der Waals surface area (Å²) in [6.07, 6.45) is 6.03. The standard InChI is InChI=1S/C28H39N3O/c1-29-18-20-30(21-19-29)23-27-12-10-25(11-13-27)22-26-14-16-31(17-15-26)28(32)9-5-8-24-6-3-2-4-7-24/h2-4,6-7,10-13,26H,5,8-9,14-23H2,1H3. The van der Waals surface area contributed by atoms with Gasteiger partial charge in [-0.15, -0.1) is 0 Å². The number of likely N-dealkylation sites (tertiary alicyclic amines) is 1. The summed E-state index contributed by atoms with van der Waals surface area (Å²) in [6.45, 7) is 7.60. The van der Waals surface area contributed by atoms with Gasteiger partial charge in [-0.3, -0.25) is 9.69 Å². The molecule has 4 nitrogen and oxygen atoms in total. The summed E-state index contributed by atoms with van der Waals surface area (Å²) < 4.78 is 0. The molecule has 2 aromatic carbocycles. The molecule has 2 saturated heterocycles. The summed E-state index contributed by atoms with van der Waals surface area (Å²) >= 11 is 0. The van der Waals surface area contributed by atoms with Gasteiger partial charge in [0.2, 0.25) is 5.91 Å². The predicted molar refractivity (Wildman–Crippen MR) is 132 cm³/mol. The van der Waals surface area contributed by atoms with Gasteiger partial charge in [-0.1, -0.05) is 54.6 Å². The largest absolute Gasteiger partial charge is 0.343 e. The molecule has 2 fully saturated rings. The number of aryl methyl sites for hydroxylation is 1. The Bertz CT molecular complexity index is 820. The van der Waals surface area contributed by atoms with Crippen LogP contribution in [0.3, 0.4) is 0 Å². The lowest BCUT2D eigenvalue weighted by atomic mass is 9.89. The normalized spacial score (nSPS) is 18.7. The van der Waals surface area contributed by atoms with Gasteiger partial charge >= 0.3 is 0 Å². The van der Waals surface area contributed by atoms with Crippen LogP contribution < -0.4 is 0 Å². The van der Waals surface area contributed by atoms with E-state index in [2.05, 4.69) is 70.3 Å². The van der Waals surface area contributed by atoms with Crippen LogP contribution in [0.2, 0.25) is 0 Å². The molecule has 0 aromatic heterocycles. The number of amides is 1. The fourth-order valence-electron chi connectivity index (χ4n) is 5.01. The Labute approximate surface area is 194 Å². The maximum Gasteiger partial charge on any atom is 0.222 e. The van der Waals surface area contributed by atoms with Crippen molar-refractivity contribution in [1.29, 1.82) is 0 Å². The van der Waals surface area contributed by atoms with Crippen LogP contribution in [0, 0.1) is 5.92 Å². The number of carbonyl (C=O) groups excluding carboxylic acids is 1. The molecule has 0 unspecified atom stereocenters. The van der Waals surface area contributed by atoms with E-state index in [-0.39, 0.29) is 0 Å². The lowest BCUT2D eigenvalue weighted by Crippen LogP contribution is -2.43. The second-order valence-electron chi connectivity index (χ2n) is 9.76. The molecule has 2 aromatic rings. The van der Waals surface area contributed by atoms with Crippen molar-refractivity contribution >= 4 is 5.91 Å². The van der Waals surface area contributed by atoms with Gasteiger partial charge in [0.1, 0.15) is 0 Å². The minimum Gasteiger partial charge on any atom is -0.343 e. The first kappa shape index (κ1) is 23.0. The maximum atomic E-state index is 12.6. The van der Waals surface area contributed by atoms with Gasteiger partial charge in [0, 0.05) is 52.2 Å². The number of hydrogen-bond donors (Lipinski definition) is 0. The van der Waals surface area contributed by atoms with E-state index in [4.69, 9.17) is 0 Å². The summed E-state index contributed by atoms with van der Waals surface area (Å²) in [7, 11) is 2.21. The van der Waals surface area contributed by atoms with Gasteiger partial charge in [-0.2, -0.15) is 0 Å². The van der Waals surface area contributed by atoms with Crippen molar-refractivity contribution < 1.29 is 4.79 Å². The Kier molecular flexibility index (Phi) is 8.36. The van der Waals surface area contributed by atoms with E-state index >= 15 is 0 Å². The number of likely N-dealkylation sites (N-methyl/N-ethyl adjacent to an activating group) is 1. The van der Waals surface area contributed by atoms with Gasteiger partial charge in [-0.25, -0.2) is 0 Å². The van der Waals surface area contributed by atoms with Crippen molar-refractivity contribution in [2.24, 2.45) is 5.92 Å². The topological polar surface area (TPSA) is 26.8 Å². The zero-order chi connectivity index (χ0) is 22.2. The third-order valence-electron chi connectivity index (χ3n) is 7.22. The minimum atomic E-state index is 0.340. The molecule has 0 bridgehead atoms. The number of carbonyl (C=O) groups is 1. The van der Waals surface area contributed by atoms with Crippen LogP contribution in [0.15, 0.2) is 54.6 Å². The summed E-state index contributed by atoms with van der Waals surface area (Å²) in [6, 6.07) is 19.8. The summed E-state index contributed by atoms with van der Waals surface area (Å²) in [5, 5.41) is 0. The molecule has 0 N–H and O–H groups in total. The monoisotopic (exact) mass is 433 g/mol. The average Bonchev–Trinajstić information content (AvgIpc) is 2.83. The number of hydrogen-bond acceptors (Lipinski definition) is 3. The fourth-order valence-corrected chi connectivity index (χ4v) is 5.01. The van der Waals surface area contributed by atoms with Gasteiger partial charge in [0.15, 0.2) is 0 Å². The van der Waals surface area contributed by atoms with Crippen LogP contribution in [0.25, 0.3) is 0 Å². The van der Waals surface area contributed by atoms with Gasteiger partial charge in [-0.05, 0) is 61.8 Å². The molecule has 172 valence electrons. The van der Waals surface area contributed by atoms with E-state index in [1.807, 2.05) is 6.07 Å². The molecule has 0 radical (unpaired) electrons. The third kappa shape index (κ3) is 6.91. The van der Waals surface area contributed by atoms with Crippen molar-refractivity contribution in [3.63, 3.8) is 0 Å². The molecule has 0 aliphatic carbocycles. The van der Waals surface area contributed by atoms with E-state index < -0.39 is 0 Å². The van der Waals surface area contributed by atoms with Gasteiger partial charge in [0.05, 0.1) is 0 Å². The van der Waals surface area contributed by atoms with E-state index in [1.54, 1.807) is 0 Å². The highest BCUT2D eigenvalue weighted by atomic mass is 16.2. The predicted octanol–water partition coefficient (Wildman–Crippen LogP) is 4.24. The first-order chi connectivity index (χ1) is 15.7. The SMILES string of the molecule is CN1CCN(Cc2ccc(CC3CCN(C(=O)CCCc4ccccc4)CC3)cc2)CC1. The summed E-state index contributed by atoms with van der Waals surface area (Å²) in [5.41, 5.74) is 4.20. The number of piperidine rings is 1. The van der Waals surface area contributed by atoms with E-state index in [0.29, 0.717) is 18.2 Å². The molecule has 4 rings (SSSR count). The highest BCUT2D eigenvalue weighted by molar-refractivity contribution is 5.76. The van der Waals surface area contributed by atoms with Crippen LogP contribution in [0.1, 0.15) is 42.4 Å². The fraction of sp³-hybridized carbons (Fsp3) is 0.536. The van der Waals surface area contributed by atoms with Gasteiger partial charge in [0.25, 0.3) is 0 Å². The number of piperazine rings is 1. The zero-order valence-corrected chi connectivity index (χ0v) is 19.7. The lowest BCUT2D eigenvalue weighted by Gasteiger charge is -2.32. The summed E-state index contributed by atoms with van der Waals surface area (Å²) in [4.78, 5) is 19.7. The Balaban J connectivity index is 1.15. The highest BCUT2D eigenvalue weighted by Crippen LogP contribution is 2.23. The van der Waals surface area contributed by atoms with Crippen LogP contribution in [-0.4, -0.2) is 66.9 Å². The van der Waals surface area contributed by atoms with Crippen molar-refractivity contribution in [2.75, 3.05) is 46.3 Å².